The van der Waals surface area contributed by atoms with Crippen LogP contribution in [0.2, 0.25) is 0 Å². The monoisotopic (exact) mass is 774 g/mol. The highest BCUT2D eigenvalue weighted by molar-refractivity contribution is 5.76. The molecule has 0 spiro atoms. The van der Waals surface area contributed by atoms with Crippen LogP contribution in [0.5, 0.6) is 0 Å². The molecule has 0 aromatic rings. The molecule has 0 bridgehead atoms. The van der Waals surface area contributed by atoms with Gasteiger partial charge in [0.15, 0.2) is 6.29 Å². The highest BCUT2D eigenvalue weighted by atomic mass is 16.7. The Morgan fingerprint density at radius 1 is 0.636 bits per heavy atom. The third-order valence-electron chi connectivity index (χ3n) is 9.84. The predicted molar refractivity (Wildman–Crippen MR) is 225 cm³/mol. The Hall–Kier alpha value is -2.37. The fourth-order valence-corrected chi connectivity index (χ4v) is 6.36. The van der Waals surface area contributed by atoms with Gasteiger partial charge in [0.2, 0.25) is 5.91 Å². The summed E-state index contributed by atoms with van der Waals surface area (Å²) in [5.41, 5.74) is 0. The first kappa shape index (κ1) is 50.6. The Kier molecular flexibility index (Phi) is 33.2. The molecule has 1 rings (SSSR count). The van der Waals surface area contributed by atoms with Crippen LogP contribution in [0, 0.1) is 0 Å². The summed E-state index contributed by atoms with van der Waals surface area (Å²) in [6.07, 6.45) is 40.6. The average molecular weight is 774 g/mol. The quantitative estimate of drug-likeness (QED) is 0.0281. The van der Waals surface area contributed by atoms with Crippen LogP contribution in [0.25, 0.3) is 0 Å². The van der Waals surface area contributed by atoms with E-state index < -0.39 is 49.5 Å². The van der Waals surface area contributed by atoms with Gasteiger partial charge in [0, 0.05) is 6.42 Å². The normalized spacial score (nSPS) is 22.1. The van der Waals surface area contributed by atoms with E-state index in [2.05, 4.69) is 79.9 Å². The number of allylic oxidation sites excluding steroid dienone is 12. The molecule has 0 saturated carbocycles. The number of hydrogen-bond donors (Lipinski definition) is 6. The van der Waals surface area contributed by atoms with E-state index in [1.165, 1.54) is 64.2 Å². The summed E-state index contributed by atoms with van der Waals surface area (Å²) in [5, 5.41) is 54.2. The summed E-state index contributed by atoms with van der Waals surface area (Å²) < 4.78 is 11.2. The standard InChI is InChI=1S/C46H79NO8/c1-3-5-7-9-11-13-15-17-18-19-20-21-22-24-26-28-30-32-34-36-42(50)47-39(38-54-46-45(53)44(52)43(51)41(37-48)55-46)40(49)35-33-31-29-27-25-23-16-14-12-10-8-6-4-2/h5,7,11,13,17-18,20-21,24,26,30,32,39-41,43-46,48-49,51-53H,3-4,6,8-10,12,14-16,19,22-23,25,27-29,31,33-38H2,1-2H3,(H,47,50)/b7-5-,13-11-,18-17-,21-20-,26-24-,32-30-. The SMILES string of the molecule is CC/C=C\C/C=C\C/C=C\C/C=C\C/C=C\C/C=C\CCC(=O)NC(COC1OC(CO)C(O)C(O)C1O)C(O)CCCCCCCCCCCCCCC. The van der Waals surface area contributed by atoms with E-state index in [0.717, 1.165) is 57.8 Å². The summed E-state index contributed by atoms with van der Waals surface area (Å²) in [5.74, 6) is -0.230. The Labute approximate surface area is 334 Å². The van der Waals surface area contributed by atoms with Crippen LogP contribution < -0.4 is 5.32 Å². The van der Waals surface area contributed by atoms with Crippen molar-refractivity contribution in [3.05, 3.63) is 72.9 Å². The molecule has 7 atom stereocenters. The lowest BCUT2D eigenvalue weighted by atomic mass is 9.99. The first-order valence-corrected chi connectivity index (χ1v) is 21.6. The van der Waals surface area contributed by atoms with E-state index in [1.54, 1.807) is 0 Å². The molecule has 55 heavy (non-hydrogen) atoms. The van der Waals surface area contributed by atoms with Gasteiger partial charge < -0.3 is 40.3 Å². The number of aliphatic hydroxyl groups excluding tert-OH is 5. The van der Waals surface area contributed by atoms with E-state index >= 15 is 0 Å². The van der Waals surface area contributed by atoms with Crippen molar-refractivity contribution < 1.29 is 39.8 Å². The third kappa shape index (κ3) is 27.0. The number of ether oxygens (including phenoxy) is 2. The lowest BCUT2D eigenvalue weighted by molar-refractivity contribution is -0.302. The number of carbonyl (C=O) groups excluding carboxylic acids is 1. The number of amides is 1. The number of aliphatic hydroxyl groups is 5. The topological polar surface area (TPSA) is 149 Å². The second kappa shape index (κ2) is 36.0. The Balaban J connectivity index is 2.43. The number of unbranched alkanes of at least 4 members (excludes halogenated alkanes) is 12. The number of carbonyl (C=O) groups is 1. The number of rotatable bonds is 34. The molecule has 1 saturated heterocycles. The fraction of sp³-hybridized carbons (Fsp3) is 0.717. The Bertz CT molecular complexity index is 1080. The Morgan fingerprint density at radius 3 is 1.56 bits per heavy atom. The van der Waals surface area contributed by atoms with Gasteiger partial charge in [-0.2, -0.15) is 0 Å². The van der Waals surface area contributed by atoms with Crippen LogP contribution in [0.1, 0.15) is 155 Å². The van der Waals surface area contributed by atoms with Crippen molar-refractivity contribution >= 4 is 5.91 Å². The molecule has 1 fully saturated rings. The third-order valence-corrected chi connectivity index (χ3v) is 9.84. The molecule has 6 N–H and O–H groups in total. The van der Waals surface area contributed by atoms with Crippen molar-refractivity contribution in [1.82, 2.24) is 5.32 Å². The molecule has 0 aromatic heterocycles. The second-order valence-electron chi connectivity index (χ2n) is 14.8. The lowest BCUT2D eigenvalue weighted by Gasteiger charge is -2.40. The van der Waals surface area contributed by atoms with Gasteiger partial charge in [0.25, 0.3) is 0 Å². The maximum atomic E-state index is 12.9. The summed E-state index contributed by atoms with van der Waals surface area (Å²) in [4.78, 5) is 12.9. The van der Waals surface area contributed by atoms with Gasteiger partial charge in [0.05, 0.1) is 25.4 Å². The van der Waals surface area contributed by atoms with E-state index in [1.807, 2.05) is 12.2 Å². The van der Waals surface area contributed by atoms with Crippen LogP contribution in [0.3, 0.4) is 0 Å². The van der Waals surface area contributed by atoms with E-state index in [9.17, 15) is 30.3 Å². The number of hydrogen-bond acceptors (Lipinski definition) is 8. The molecule has 7 unspecified atom stereocenters. The van der Waals surface area contributed by atoms with E-state index in [0.29, 0.717) is 12.8 Å². The molecular weight excluding hydrogens is 695 g/mol. The minimum atomic E-state index is -1.57. The van der Waals surface area contributed by atoms with Crippen LogP contribution in [-0.2, 0) is 14.3 Å². The fourth-order valence-electron chi connectivity index (χ4n) is 6.36. The van der Waals surface area contributed by atoms with Crippen molar-refractivity contribution in [3.8, 4) is 0 Å². The molecule has 1 amide bonds. The molecule has 0 aliphatic carbocycles. The molecule has 9 heteroatoms. The highest BCUT2D eigenvalue weighted by Crippen LogP contribution is 2.23. The molecule has 9 nitrogen and oxygen atoms in total. The van der Waals surface area contributed by atoms with Crippen LogP contribution in [-0.4, -0.2) is 87.5 Å². The summed E-state index contributed by atoms with van der Waals surface area (Å²) in [7, 11) is 0. The first-order chi connectivity index (χ1) is 26.8. The Morgan fingerprint density at radius 2 is 1.09 bits per heavy atom. The van der Waals surface area contributed by atoms with Crippen molar-refractivity contribution in [1.29, 1.82) is 0 Å². The zero-order valence-corrected chi connectivity index (χ0v) is 34.4. The first-order valence-electron chi connectivity index (χ1n) is 21.6. The maximum Gasteiger partial charge on any atom is 0.220 e. The molecule has 316 valence electrons. The smallest absolute Gasteiger partial charge is 0.220 e. The van der Waals surface area contributed by atoms with E-state index in [-0.39, 0.29) is 18.9 Å². The van der Waals surface area contributed by atoms with Gasteiger partial charge in [-0.1, -0.05) is 170 Å². The molecule has 1 heterocycles. The van der Waals surface area contributed by atoms with Crippen molar-refractivity contribution in [2.24, 2.45) is 0 Å². The van der Waals surface area contributed by atoms with Gasteiger partial charge in [0.1, 0.15) is 24.4 Å². The van der Waals surface area contributed by atoms with Gasteiger partial charge in [-0.25, -0.2) is 0 Å². The minimum Gasteiger partial charge on any atom is -0.394 e. The minimum absolute atomic E-state index is 0.173. The van der Waals surface area contributed by atoms with Crippen LogP contribution in [0.4, 0.5) is 0 Å². The van der Waals surface area contributed by atoms with Crippen molar-refractivity contribution in [2.45, 2.75) is 198 Å². The predicted octanol–water partition coefficient (Wildman–Crippen LogP) is 8.61. The molecule has 0 radical (unpaired) electrons. The maximum absolute atomic E-state index is 12.9. The average Bonchev–Trinajstić information content (AvgIpc) is 3.18. The van der Waals surface area contributed by atoms with Crippen LogP contribution >= 0.6 is 0 Å². The molecule has 1 aliphatic heterocycles. The largest absolute Gasteiger partial charge is 0.394 e. The van der Waals surface area contributed by atoms with Crippen LogP contribution in [0.15, 0.2) is 72.9 Å². The number of nitrogens with one attached hydrogen (secondary N) is 1. The highest BCUT2D eigenvalue weighted by Gasteiger charge is 2.44. The van der Waals surface area contributed by atoms with Gasteiger partial charge >= 0.3 is 0 Å². The van der Waals surface area contributed by atoms with Gasteiger partial charge in [-0.15, -0.1) is 0 Å². The van der Waals surface area contributed by atoms with E-state index in [4.69, 9.17) is 9.47 Å². The zero-order chi connectivity index (χ0) is 40.2. The summed E-state index contributed by atoms with van der Waals surface area (Å²) in [6.45, 7) is 3.65. The van der Waals surface area contributed by atoms with Crippen molar-refractivity contribution in [3.63, 3.8) is 0 Å². The molecular formula is C46H79NO8. The van der Waals surface area contributed by atoms with Crippen molar-refractivity contribution in [2.75, 3.05) is 13.2 Å². The molecule has 1 aliphatic rings. The summed E-state index contributed by atoms with van der Waals surface area (Å²) in [6, 6.07) is -0.762. The molecule has 0 aromatic carbocycles. The lowest BCUT2D eigenvalue weighted by Crippen LogP contribution is -2.60. The second-order valence-corrected chi connectivity index (χ2v) is 14.8. The summed E-state index contributed by atoms with van der Waals surface area (Å²) >= 11 is 0. The zero-order valence-electron chi connectivity index (χ0n) is 34.4. The van der Waals surface area contributed by atoms with Gasteiger partial charge in [-0.3, -0.25) is 4.79 Å². The van der Waals surface area contributed by atoms with Gasteiger partial charge in [-0.05, 0) is 51.4 Å².